The minimum atomic E-state index is 0.517. The van der Waals surface area contributed by atoms with Crippen molar-refractivity contribution >= 4 is 22.0 Å². The number of pyridine rings is 1. The van der Waals surface area contributed by atoms with Crippen LogP contribution < -0.4 is 0 Å². The summed E-state index contributed by atoms with van der Waals surface area (Å²) in [7, 11) is 0. The van der Waals surface area contributed by atoms with Gasteiger partial charge in [0.1, 0.15) is 6.07 Å². The van der Waals surface area contributed by atoms with Crippen LogP contribution in [0.3, 0.4) is 0 Å². The Kier molecular flexibility index (Phi) is 2.82. The first-order valence-electron chi connectivity index (χ1n) is 3.00. The molecule has 1 heterocycles. The molecule has 0 radical (unpaired) electrons. The average Bonchev–Trinajstić information content (AvgIpc) is 2.06. The van der Waals surface area contributed by atoms with Crippen molar-refractivity contribution in [3.63, 3.8) is 0 Å². The third kappa shape index (κ3) is 2.52. The molecule has 0 unspecified atom stereocenters. The van der Waals surface area contributed by atoms with Gasteiger partial charge in [0.25, 0.3) is 0 Å². The van der Waals surface area contributed by atoms with Crippen molar-refractivity contribution in [3.8, 4) is 6.07 Å². The monoisotopic (exact) mass is 208 g/mol. The predicted molar refractivity (Wildman–Crippen MR) is 46.8 cm³/mol. The molecule has 0 bridgehead atoms. The molecule has 3 heteroatoms. The van der Waals surface area contributed by atoms with Crippen LogP contribution in [0.25, 0.3) is 6.08 Å². The van der Waals surface area contributed by atoms with E-state index in [-0.39, 0.29) is 0 Å². The molecule has 0 saturated heterocycles. The Morgan fingerprint density at radius 3 is 2.73 bits per heavy atom. The summed E-state index contributed by atoms with van der Waals surface area (Å²) in [5.74, 6) is 0. The second-order valence-corrected chi connectivity index (χ2v) is 2.74. The molecule has 0 N–H and O–H groups in total. The quantitative estimate of drug-likeness (QED) is 0.665. The van der Waals surface area contributed by atoms with Crippen molar-refractivity contribution in [1.82, 2.24) is 4.98 Å². The Labute approximate surface area is 73.3 Å². The van der Waals surface area contributed by atoms with Crippen LogP contribution in [-0.4, -0.2) is 4.98 Å². The molecule has 1 rings (SSSR count). The molecular formula is C8H5BrN2. The summed E-state index contributed by atoms with van der Waals surface area (Å²) in [4.78, 5) is 3.85. The van der Waals surface area contributed by atoms with E-state index in [0.717, 1.165) is 5.56 Å². The van der Waals surface area contributed by atoms with Gasteiger partial charge in [0, 0.05) is 12.4 Å². The number of nitriles is 1. The molecule has 0 aliphatic carbocycles. The number of nitrogens with zero attached hydrogens (tertiary/aromatic N) is 2. The average molecular weight is 209 g/mol. The third-order valence-electron chi connectivity index (χ3n) is 1.11. The molecule has 0 atom stereocenters. The maximum Gasteiger partial charge on any atom is 0.107 e. The lowest BCUT2D eigenvalue weighted by atomic mass is 10.2. The fourth-order valence-electron chi connectivity index (χ4n) is 0.638. The summed E-state index contributed by atoms with van der Waals surface area (Å²) < 4.78 is 0.517. The van der Waals surface area contributed by atoms with Crippen molar-refractivity contribution in [3.05, 3.63) is 34.6 Å². The number of rotatable bonds is 1. The van der Waals surface area contributed by atoms with E-state index in [1.807, 2.05) is 18.2 Å². The molecule has 0 saturated carbocycles. The zero-order valence-electron chi connectivity index (χ0n) is 5.66. The van der Waals surface area contributed by atoms with Crippen LogP contribution in [0.15, 0.2) is 29.0 Å². The van der Waals surface area contributed by atoms with Crippen LogP contribution in [0.4, 0.5) is 0 Å². The number of aromatic nitrogens is 1. The van der Waals surface area contributed by atoms with Gasteiger partial charge >= 0.3 is 0 Å². The van der Waals surface area contributed by atoms with E-state index in [2.05, 4.69) is 20.9 Å². The third-order valence-corrected chi connectivity index (χ3v) is 1.51. The van der Waals surface area contributed by atoms with E-state index in [9.17, 15) is 0 Å². The van der Waals surface area contributed by atoms with Gasteiger partial charge in [-0.25, -0.2) is 0 Å². The van der Waals surface area contributed by atoms with Gasteiger partial charge in [-0.2, -0.15) is 5.26 Å². The van der Waals surface area contributed by atoms with Crippen LogP contribution in [-0.2, 0) is 0 Å². The molecule has 0 aliphatic heterocycles. The van der Waals surface area contributed by atoms with E-state index in [0.29, 0.717) is 4.48 Å². The fraction of sp³-hybridized carbons (Fsp3) is 0. The number of allylic oxidation sites excluding steroid dienone is 1. The lowest BCUT2D eigenvalue weighted by Crippen LogP contribution is -1.72. The molecule has 0 aromatic carbocycles. The second kappa shape index (κ2) is 3.89. The highest BCUT2D eigenvalue weighted by Crippen LogP contribution is 2.09. The van der Waals surface area contributed by atoms with E-state index in [1.165, 1.54) is 0 Å². The SMILES string of the molecule is N#C/C(Br)=C/c1ccncc1. The first-order chi connectivity index (χ1) is 5.33. The Hall–Kier alpha value is -1.14. The van der Waals surface area contributed by atoms with Crippen molar-refractivity contribution in [2.45, 2.75) is 0 Å². The highest BCUT2D eigenvalue weighted by atomic mass is 79.9. The summed E-state index contributed by atoms with van der Waals surface area (Å²) in [5, 5.41) is 8.42. The molecule has 2 nitrogen and oxygen atoms in total. The first-order valence-corrected chi connectivity index (χ1v) is 3.79. The summed E-state index contributed by atoms with van der Waals surface area (Å²) in [6.45, 7) is 0. The zero-order valence-corrected chi connectivity index (χ0v) is 7.25. The van der Waals surface area contributed by atoms with Gasteiger partial charge < -0.3 is 0 Å². The van der Waals surface area contributed by atoms with Crippen LogP contribution in [0.1, 0.15) is 5.56 Å². The Morgan fingerprint density at radius 1 is 1.55 bits per heavy atom. The zero-order chi connectivity index (χ0) is 8.10. The summed E-state index contributed by atoms with van der Waals surface area (Å²) in [6.07, 6.45) is 5.11. The molecule has 0 amide bonds. The maximum atomic E-state index is 8.42. The molecule has 0 fully saturated rings. The molecule has 11 heavy (non-hydrogen) atoms. The van der Waals surface area contributed by atoms with Crippen LogP contribution in [0.5, 0.6) is 0 Å². The smallest absolute Gasteiger partial charge is 0.107 e. The standard InChI is InChI=1S/C8H5BrN2/c9-8(6-10)5-7-1-3-11-4-2-7/h1-5H/b8-5-. The molecule has 0 aliphatic rings. The van der Waals surface area contributed by atoms with Crippen molar-refractivity contribution in [2.75, 3.05) is 0 Å². The molecule has 0 spiro atoms. The van der Waals surface area contributed by atoms with Gasteiger partial charge in [-0.1, -0.05) is 0 Å². The van der Waals surface area contributed by atoms with E-state index < -0.39 is 0 Å². The number of halogens is 1. The lowest BCUT2D eigenvalue weighted by Gasteiger charge is -1.88. The Bertz CT molecular complexity index is 298. The van der Waals surface area contributed by atoms with Crippen LogP contribution >= 0.6 is 15.9 Å². The van der Waals surface area contributed by atoms with Gasteiger partial charge in [-0.3, -0.25) is 4.98 Å². The molecule has 54 valence electrons. The first kappa shape index (κ1) is 7.96. The highest BCUT2D eigenvalue weighted by molar-refractivity contribution is 9.12. The summed E-state index contributed by atoms with van der Waals surface area (Å²) in [5.41, 5.74) is 0.966. The second-order valence-electron chi connectivity index (χ2n) is 1.88. The summed E-state index contributed by atoms with van der Waals surface area (Å²) in [6, 6.07) is 5.63. The predicted octanol–water partition coefficient (Wildman–Crippen LogP) is 2.34. The fourth-order valence-corrected chi connectivity index (χ4v) is 0.903. The molecule has 1 aromatic rings. The van der Waals surface area contributed by atoms with E-state index >= 15 is 0 Å². The Balaban J connectivity index is 2.90. The van der Waals surface area contributed by atoms with Crippen LogP contribution in [0.2, 0.25) is 0 Å². The lowest BCUT2D eigenvalue weighted by molar-refractivity contribution is 1.32. The normalized spacial score (nSPS) is 10.7. The van der Waals surface area contributed by atoms with Gasteiger partial charge in [0.05, 0.1) is 4.48 Å². The molecular weight excluding hydrogens is 204 g/mol. The van der Waals surface area contributed by atoms with E-state index in [4.69, 9.17) is 5.26 Å². The van der Waals surface area contributed by atoms with Gasteiger partial charge in [0.15, 0.2) is 0 Å². The van der Waals surface area contributed by atoms with Crippen molar-refractivity contribution in [2.24, 2.45) is 0 Å². The van der Waals surface area contributed by atoms with Gasteiger partial charge in [-0.15, -0.1) is 0 Å². The van der Waals surface area contributed by atoms with Crippen molar-refractivity contribution in [1.29, 1.82) is 5.26 Å². The van der Waals surface area contributed by atoms with Crippen LogP contribution in [0, 0.1) is 11.3 Å². The number of hydrogen-bond donors (Lipinski definition) is 0. The van der Waals surface area contributed by atoms with Gasteiger partial charge in [0.2, 0.25) is 0 Å². The minimum absolute atomic E-state index is 0.517. The Morgan fingerprint density at radius 2 is 2.18 bits per heavy atom. The molecule has 1 aromatic heterocycles. The maximum absolute atomic E-state index is 8.42. The number of hydrogen-bond acceptors (Lipinski definition) is 2. The largest absolute Gasteiger partial charge is 0.265 e. The summed E-state index contributed by atoms with van der Waals surface area (Å²) >= 11 is 3.09. The van der Waals surface area contributed by atoms with Crippen molar-refractivity contribution < 1.29 is 0 Å². The van der Waals surface area contributed by atoms with Gasteiger partial charge in [-0.05, 0) is 39.7 Å². The topological polar surface area (TPSA) is 36.7 Å². The minimum Gasteiger partial charge on any atom is -0.265 e. The van der Waals surface area contributed by atoms with E-state index in [1.54, 1.807) is 18.5 Å². The highest BCUT2D eigenvalue weighted by Gasteiger charge is 1.88.